The average molecular weight is 263 g/mol. The summed E-state index contributed by atoms with van der Waals surface area (Å²) in [5.41, 5.74) is 2.15. The van der Waals surface area contributed by atoms with Crippen molar-refractivity contribution in [1.82, 2.24) is 10.2 Å². The maximum absolute atomic E-state index is 11.9. The topological polar surface area (TPSA) is 61.4 Å². The molecule has 0 aliphatic rings. The highest BCUT2D eigenvalue weighted by Gasteiger charge is 2.14. The zero-order valence-electron chi connectivity index (χ0n) is 12.1. The van der Waals surface area contributed by atoms with Crippen molar-refractivity contribution < 1.29 is 9.59 Å². The molecule has 0 heterocycles. The van der Waals surface area contributed by atoms with Gasteiger partial charge >= 0.3 is 0 Å². The van der Waals surface area contributed by atoms with Crippen molar-refractivity contribution in [3.8, 4) is 0 Å². The monoisotopic (exact) mass is 263 g/mol. The number of aryl methyl sites for hydroxylation is 1. The molecule has 1 rings (SSSR count). The Morgan fingerprint density at radius 3 is 2.42 bits per heavy atom. The first-order valence-corrected chi connectivity index (χ1v) is 6.17. The second-order valence-electron chi connectivity index (χ2n) is 4.73. The van der Waals surface area contributed by atoms with Crippen LogP contribution in [0.5, 0.6) is 0 Å². The van der Waals surface area contributed by atoms with Gasteiger partial charge in [0.05, 0.1) is 6.04 Å². The van der Waals surface area contributed by atoms with E-state index >= 15 is 0 Å². The highest BCUT2D eigenvalue weighted by atomic mass is 16.2. The van der Waals surface area contributed by atoms with Gasteiger partial charge in [-0.25, -0.2) is 0 Å². The molecular formula is C14H21N3O2. The van der Waals surface area contributed by atoms with E-state index in [1.54, 1.807) is 40.2 Å². The number of amides is 2. The van der Waals surface area contributed by atoms with Crippen molar-refractivity contribution in [2.45, 2.75) is 19.9 Å². The molecular weight excluding hydrogens is 242 g/mol. The summed E-state index contributed by atoms with van der Waals surface area (Å²) in [6, 6.07) is 5.01. The van der Waals surface area contributed by atoms with Gasteiger partial charge in [-0.05, 0) is 38.6 Å². The average Bonchev–Trinajstić information content (AvgIpc) is 2.39. The quantitative estimate of drug-likeness (QED) is 0.859. The Morgan fingerprint density at radius 1 is 1.26 bits per heavy atom. The van der Waals surface area contributed by atoms with Crippen LogP contribution in [-0.4, -0.2) is 43.9 Å². The van der Waals surface area contributed by atoms with Crippen LogP contribution in [0.25, 0.3) is 0 Å². The minimum absolute atomic E-state index is 0.0860. The normalized spacial score (nSPS) is 11.8. The molecule has 104 valence electrons. The van der Waals surface area contributed by atoms with Gasteiger partial charge in [-0.3, -0.25) is 9.59 Å². The fourth-order valence-corrected chi connectivity index (χ4v) is 1.52. The van der Waals surface area contributed by atoms with Crippen LogP contribution >= 0.6 is 0 Å². The van der Waals surface area contributed by atoms with Crippen LogP contribution < -0.4 is 10.6 Å². The molecule has 5 heteroatoms. The molecule has 1 atom stereocenters. The number of rotatable bonds is 4. The lowest BCUT2D eigenvalue weighted by atomic mass is 10.1. The summed E-state index contributed by atoms with van der Waals surface area (Å²) < 4.78 is 0. The largest absolute Gasteiger partial charge is 0.345 e. The minimum Gasteiger partial charge on any atom is -0.345 e. The molecule has 1 aromatic rings. The van der Waals surface area contributed by atoms with Crippen LogP contribution in [0.15, 0.2) is 18.2 Å². The number of hydrogen-bond acceptors (Lipinski definition) is 3. The third kappa shape index (κ3) is 3.79. The maximum atomic E-state index is 11.9. The van der Waals surface area contributed by atoms with Crippen molar-refractivity contribution in [1.29, 1.82) is 0 Å². The van der Waals surface area contributed by atoms with Crippen LogP contribution in [0.3, 0.4) is 0 Å². The number of nitrogens with one attached hydrogen (secondary N) is 2. The summed E-state index contributed by atoms with van der Waals surface area (Å²) in [4.78, 5) is 25.2. The van der Waals surface area contributed by atoms with Crippen LogP contribution in [0.1, 0.15) is 22.8 Å². The molecule has 0 radical (unpaired) electrons. The standard InChI is InChI=1S/C14H21N3O2/c1-9-6-7-11(14(19)17(4)5)8-12(9)16-13(18)10(2)15-3/h6-8,10,15H,1-5H3,(H,16,18). The Kier molecular flexibility index (Phi) is 5.06. The lowest BCUT2D eigenvalue weighted by molar-refractivity contribution is -0.117. The van der Waals surface area contributed by atoms with E-state index in [1.807, 2.05) is 13.0 Å². The molecule has 19 heavy (non-hydrogen) atoms. The molecule has 2 N–H and O–H groups in total. The van der Waals surface area contributed by atoms with Crippen molar-refractivity contribution in [2.24, 2.45) is 0 Å². The Balaban J connectivity index is 2.98. The number of likely N-dealkylation sites (N-methyl/N-ethyl adjacent to an activating group) is 1. The zero-order chi connectivity index (χ0) is 14.6. The molecule has 0 fully saturated rings. The Labute approximate surface area is 114 Å². The molecule has 0 aromatic heterocycles. The van der Waals surface area contributed by atoms with Crippen LogP contribution in [0.4, 0.5) is 5.69 Å². The molecule has 0 bridgehead atoms. The van der Waals surface area contributed by atoms with E-state index in [2.05, 4.69) is 10.6 Å². The number of carbonyl (C=O) groups is 2. The van der Waals surface area contributed by atoms with Gasteiger partial charge in [-0.15, -0.1) is 0 Å². The third-order valence-electron chi connectivity index (χ3n) is 2.97. The lowest BCUT2D eigenvalue weighted by Crippen LogP contribution is -2.35. The van der Waals surface area contributed by atoms with E-state index in [0.29, 0.717) is 11.3 Å². The Hall–Kier alpha value is -1.88. The molecule has 0 saturated heterocycles. The third-order valence-corrected chi connectivity index (χ3v) is 2.97. The molecule has 0 spiro atoms. The Morgan fingerprint density at radius 2 is 1.89 bits per heavy atom. The van der Waals surface area contributed by atoms with Gasteiger partial charge in [-0.2, -0.15) is 0 Å². The molecule has 0 aliphatic heterocycles. The van der Waals surface area contributed by atoms with Crippen LogP contribution in [-0.2, 0) is 4.79 Å². The molecule has 1 unspecified atom stereocenters. The summed E-state index contributed by atoms with van der Waals surface area (Å²) in [7, 11) is 5.12. The second kappa shape index (κ2) is 6.33. The molecule has 5 nitrogen and oxygen atoms in total. The van der Waals surface area contributed by atoms with Gasteiger partial charge in [-0.1, -0.05) is 6.07 Å². The summed E-state index contributed by atoms with van der Waals surface area (Å²) in [5, 5.41) is 5.70. The van der Waals surface area contributed by atoms with Crippen molar-refractivity contribution in [3.05, 3.63) is 29.3 Å². The number of hydrogen-bond donors (Lipinski definition) is 2. The van der Waals surface area contributed by atoms with Gasteiger partial charge in [0.1, 0.15) is 0 Å². The number of benzene rings is 1. The maximum Gasteiger partial charge on any atom is 0.253 e. The molecule has 0 aliphatic carbocycles. The van der Waals surface area contributed by atoms with Crippen LogP contribution in [0, 0.1) is 6.92 Å². The summed E-state index contributed by atoms with van der Waals surface area (Å²) in [5.74, 6) is -0.211. The zero-order valence-corrected chi connectivity index (χ0v) is 12.1. The van der Waals surface area contributed by atoms with Crippen molar-refractivity contribution in [2.75, 3.05) is 26.5 Å². The summed E-state index contributed by atoms with van der Waals surface area (Å²) in [6.45, 7) is 3.67. The lowest BCUT2D eigenvalue weighted by Gasteiger charge is -2.15. The molecule has 1 aromatic carbocycles. The van der Waals surface area contributed by atoms with E-state index in [0.717, 1.165) is 5.56 Å². The van der Waals surface area contributed by atoms with Gasteiger partial charge in [0.2, 0.25) is 5.91 Å². The van der Waals surface area contributed by atoms with E-state index in [4.69, 9.17) is 0 Å². The first-order valence-electron chi connectivity index (χ1n) is 6.17. The van der Waals surface area contributed by atoms with Crippen LogP contribution in [0.2, 0.25) is 0 Å². The first kappa shape index (κ1) is 15.2. The fourth-order valence-electron chi connectivity index (χ4n) is 1.52. The highest BCUT2D eigenvalue weighted by Crippen LogP contribution is 2.18. The smallest absolute Gasteiger partial charge is 0.253 e. The van der Waals surface area contributed by atoms with Crippen molar-refractivity contribution >= 4 is 17.5 Å². The first-order chi connectivity index (χ1) is 8.86. The highest BCUT2D eigenvalue weighted by molar-refractivity contribution is 5.98. The van der Waals surface area contributed by atoms with E-state index < -0.39 is 0 Å². The van der Waals surface area contributed by atoms with Crippen molar-refractivity contribution in [3.63, 3.8) is 0 Å². The van der Waals surface area contributed by atoms with E-state index in [1.165, 1.54) is 4.90 Å². The van der Waals surface area contributed by atoms with Gasteiger partial charge < -0.3 is 15.5 Å². The number of nitrogens with zero attached hydrogens (tertiary/aromatic N) is 1. The molecule has 2 amide bonds. The minimum atomic E-state index is -0.285. The fraction of sp³-hybridized carbons (Fsp3) is 0.429. The van der Waals surface area contributed by atoms with Gasteiger partial charge in [0, 0.05) is 25.3 Å². The second-order valence-corrected chi connectivity index (χ2v) is 4.73. The summed E-state index contributed by atoms with van der Waals surface area (Å²) >= 11 is 0. The predicted molar refractivity (Wildman–Crippen MR) is 76.3 cm³/mol. The van der Waals surface area contributed by atoms with E-state index in [9.17, 15) is 9.59 Å². The van der Waals surface area contributed by atoms with Gasteiger partial charge in [0.25, 0.3) is 5.91 Å². The number of anilines is 1. The SMILES string of the molecule is CNC(C)C(=O)Nc1cc(C(=O)N(C)C)ccc1C. The predicted octanol–water partition coefficient (Wildman–Crippen LogP) is 1.24. The Bertz CT molecular complexity index is 484. The number of carbonyl (C=O) groups excluding carboxylic acids is 2. The van der Waals surface area contributed by atoms with Gasteiger partial charge in [0.15, 0.2) is 0 Å². The summed E-state index contributed by atoms with van der Waals surface area (Å²) in [6.07, 6.45) is 0. The molecule has 0 saturated carbocycles. The van der Waals surface area contributed by atoms with E-state index in [-0.39, 0.29) is 17.9 Å².